The van der Waals surface area contributed by atoms with Crippen molar-refractivity contribution < 1.29 is 94.5 Å². The van der Waals surface area contributed by atoms with Crippen molar-refractivity contribution in [2.45, 2.75) is 210 Å². The van der Waals surface area contributed by atoms with Gasteiger partial charge in [-0.3, -0.25) is 4.79 Å². The van der Waals surface area contributed by atoms with E-state index < -0.39 is 146 Å². The molecule has 19 nitrogen and oxygen atoms in total. The summed E-state index contributed by atoms with van der Waals surface area (Å²) >= 11 is 0. The molecule has 67 heavy (non-hydrogen) atoms. The topological polar surface area (TPSA) is 315 Å². The van der Waals surface area contributed by atoms with Crippen LogP contribution < -0.4 is 0 Å². The van der Waals surface area contributed by atoms with Crippen LogP contribution in [0, 0.1) is 50.7 Å². The zero-order valence-electron chi connectivity index (χ0n) is 39.8. The van der Waals surface area contributed by atoms with E-state index in [0.29, 0.717) is 38.5 Å². The number of hydrogen-bond donors (Lipinski definition) is 12. The maximum absolute atomic E-state index is 13.2. The van der Waals surface area contributed by atoms with E-state index in [1.165, 1.54) is 0 Å². The molecule has 0 aromatic heterocycles. The van der Waals surface area contributed by atoms with Crippen molar-refractivity contribution in [3.05, 3.63) is 11.6 Å². The molecule has 3 aliphatic heterocycles. The summed E-state index contributed by atoms with van der Waals surface area (Å²) in [4.78, 5) is 13.2. The van der Waals surface area contributed by atoms with Crippen LogP contribution >= 0.6 is 0 Å². The van der Waals surface area contributed by atoms with Crippen molar-refractivity contribution >= 4 is 5.97 Å². The van der Waals surface area contributed by atoms with Gasteiger partial charge in [0.1, 0.15) is 73.2 Å². The van der Waals surface area contributed by atoms with Crippen LogP contribution in [0.3, 0.4) is 0 Å². The van der Waals surface area contributed by atoms with Gasteiger partial charge in [0, 0.05) is 5.92 Å². The SMILES string of the molecule is C[C@H]1CC[C@]2(C(=O)O)CC[C@]3(C)C(=CC[C@@H]4[C@@]5(C)CC[C@H](O[C@@H]6O[C@H](CO)[C@@H](O)[C@H](O[C@@H]7O[C@H](CO)[C@@H](O)[C@H](O)[C@H]7O)[C@H]6O[C@@H]6O[C@H](CO)[C@@H](O)[C@H](O)[C@H]6O)C(C)(C)[C@@H]5CC[C@]43C)[C@@H]2[C@]1(C)O. The summed E-state index contributed by atoms with van der Waals surface area (Å²) in [6.45, 7) is 12.9. The molecule has 0 aromatic rings. The average molecular weight is 959 g/mol. The highest BCUT2D eigenvalue weighted by molar-refractivity contribution is 5.77. The summed E-state index contributed by atoms with van der Waals surface area (Å²) in [5.41, 5.74) is -2.54. The number of aliphatic hydroxyl groups excluding tert-OH is 10. The van der Waals surface area contributed by atoms with Gasteiger partial charge in [0.25, 0.3) is 0 Å². The molecule has 4 saturated carbocycles. The van der Waals surface area contributed by atoms with Crippen LogP contribution in [0.15, 0.2) is 11.6 Å². The summed E-state index contributed by atoms with van der Waals surface area (Å²) < 4.78 is 37.0. The molecule has 3 heterocycles. The first-order valence-electron chi connectivity index (χ1n) is 24.5. The summed E-state index contributed by atoms with van der Waals surface area (Å²) in [5, 5.41) is 130. The number of aliphatic carboxylic acids is 1. The first-order chi connectivity index (χ1) is 31.3. The molecule has 0 amide bonds. The molecule has 25 atom stereocenters. The minimum Gasteiger partial charge on any atom is -0.481 e. The monoisotopic (exact) mass is 959 g/mol. The second-order valence-corrected chi connectivity index (χ2v) is 23.2. The summed E-state index contributed by atoms with van der Waals surface area (Å²) in [7, 11) is 0. The first kappa shape index (κ1) is 51.9. The Morgan fingerprint density at radius 3 is 1.72 bits per heavy atom. The smallest absolute Gasteiger partial charge is 0.310 e. The number of fused-ring (bicyclic) bond motifs is 7. The Bertz CT molecular complexity index is 1830. The molecule has 3 saturated heterocycles. The Morgan fingerprint density at radius 1 is 0.627 bits per heavy atom. The van der Waals surface area contributed by atoms with Gasteiger partial charge in [-0.25, -0.2) is 0 Å². The number of aliphatic hydroxyl groups is 11. The molecule has 0 spiro atoms. The molecule has 8 rings (SSSR count). The fourth-order valence-electron chi connectivity index (χ4n) is 15.4. The molecule has 0 unspecified atom stereocenters. The predicted molar refractivity (Wildman–Crippen MR) is 232 cm³/mol. The van der Waals surface area contributed by atoms with E-state index in [1.54, 1.807) is 0 Å². The number of carboxylic acids is 1. The van der Waals surface area contributed by atoms with Crippen LogP contribution in [-0.4, -0.2) is 191 Å². The fraction of sp³-hybridized carbons (Fsp3) is 0.938. The molecule has 8 aliphatic rings. The number of hydrogen-bond acceptors (Lipinski definition) is 18. The summed E-state index contributed by atoms with van der Waals surface area (Å²) in [6.07, 6.45) is -17.7. The van der Waals surface area contributed by atoms with Crippen LogP contribution in [0.5, 0.6) is 0 Å². The second kappa shape index (κ2) is 18.2. The van der Waals surface area contributed by atoms with Gasteiger partial charge >= 0.3 is 5.97 Å². The Hall–Kier alpha value is -1.47. The van der Waals surface area contributed by atoms with Crippen LogP contribution in [0.25, 0.3) is 0 Å². The summed E-state index contributed by atoms with van der Waals surface area (Å²) in [5.74, 6) is -1.14. The van der Waals surface area contributed by atoms with E-state index >= 15 is 0 Å². The van der Waals surface area contributed by atoms with Gasteiger partial charge in [0.15, 0.2) is 18.9 Å². The lowest BCUT2D eigenvalue weighted by atomic mass is 9.33. The van der Waals surface area contributed by atoms with Gasteiger partial charge in [-0.1, -0.05) is 53.2 Å². The minimum absolute atomic E-state index is 0.0658. The van der Waals surface area contributed by atoms with Crippen molar-refractivity contribution in [2.75, 3.05) is 19.8 Å². The third-order valence-corrected chi connectivity index (χ3v) is 19.8. The lowest BCUT2D eigenvalue weighted by Gasteiger charge is -2.72. The van der Waals surface area contributed by atoms with Crippen molar-refractivity contribution in [1.29, 1.82) is 0 Å². The van der Waals surface area contributed by atoms with Gasteiger partial charge in [-0.05, 0) is 104 Å². The Labute approximate surface area is 392 Å². The predicted octanol–water partition coefficient (Wildman–Crippen LogP) is -0.323. The highest BCUT2D eigenvalue weighted by Crippen LogP contribution is 2.76. The van der Waals surface area contributed by atoms with Gasteiger partial charge in [-0.15, -0.1) is 0 Å². The van der Waals surface area contributed by atoms with Gasteiger partial charge < -0.3 is 89.7 Å². The van der Waals surface area contributed by atoms with Crippen molar-refractivity contribution in [1.82, 2.24) is 0 Å². The Balaban J connectivity index is 1.10. The van der Waals surface area contributed by atoms with E-state index in [1.807, 2.05) is 13.8 Å². The molecule has 0 aromatic carbocycles. The molecule has 0 bridgehead atoms. The number of allylic oxidation sites excluding steroid dienone is 1. The first-order valence-corrected chi connectivity index (χ1v) is 24.5. The zero-order chi connectivity index (χ0) is 49.1. The fourth-order valence-corrected chi connectivity index (χ4v) is 15.4. The third kappa shape index (κ3) is 7.83. The van der Waals surface area contributed by atoms with E-state index in [0.717, 1.165) is 24.8 Å². The lowest BCUT2D eigenvalue weighted by Crippen LogP contribution is -2.69. The van der Waals surface area contributed by atoms with Gasteiger partial charge in [0.2, 0.25) is 0 Å². The van der Waals surface area contributed by atoms with Crippen LogP contribution in [0.1, 0.15) is 106 Å². The van der Waals surface area contributed by atoms with Crippen LogP contribution in [0.4, 0.5) is 0 Å². The molecular formula is C48H78O19. The van der Waals surface area contributed by atoms with Gasteiger partial charge in [-0.2, -0.15) is 0 Å². The highest BCUT2D eigenvalue weighted by atomic mass is 16.8. The zero-order valence-corrected chi connectivity index (χ0v) is 39.8. The minimum atomic E-state index is -1.92. The standard InChI is InChI=1S/C48H78O19/c1-21-10-15-48(42(59)60)17-16-45(5)22(38(48)47(21,7)61)8-9-27-44(4)13-12-28(43(2,3)26(44)11-14-46(27,45)6)65-41-37(67-40-35(58)33(56)30(53)24(19-50)63-40)36(31(54)25(20-51)64-41)66-39-34(57)32(55)29(52)23(18-49)62-39/h8,21,23-41,49-58,61H,9-20H2,1-7H3,(H,59,60)/t21-,23+,24+,25+,26-,27+,28-,29+,30+,31+,32-,33-,34+,35+,36-,37+,38+,39-,40-,41-,44-,45+,46+,47+,48-/m0/s1. The maximum atomic E-state index is 13.2. The number of ether oxygens (including phenoxy) is 6. The van der Waals surface area contributed by atoms with Gasteiger partial charge in [0.05, 0.1) is 36.9 Å². The van der Waals surface area contributed by atoms with E-state index in [-0.39, 0.29) is 34.0 Å². The van der Waals surface area contributed by atoms with Crippen molar-refractivity contribution in [2.24, 2.45) is 50.7 Å². The Morgan fingerprint density at radius 2 is 1.16 bits per heavy atom. The lowest BCUT2D eigenvalue weighted by molar-refractivity contribution is -0.399. The normalized spacial score (nSPS) is 55.3. The van der Waals surface area contributed by atoms with E-state index in [4.69, 9.17) is 28.4 Å². The number of rotatable bonds is 10. The van der Waals surface area contributed by atoms with E-state index in [2.05, 4.69) is 40.7 Å². The second-order valence-electron chi connectivity index (χ2n) is 23.2. The largest absolute Gasteiger partial charge is 0.481 e. The molecule has 0 radical (unpaired) electrons. The highest BCUT2D eigenvalue weighted by Gasteiger charge is 2.72. The Kier molecular flexibility index (Phi) is 14.1. The third-order valence-electron chi connectivity index (χ3n) is 19.8. The quantitative estimate of drug-likeness (QED) is 0.0986. The van der Waals surface area contributed by atoms with Crippen molar-refractivity contribution in [3.8, 4) is 0 Å². The van der Waals surface area contributed by atoms with Crippen LogP contribution in [-0.2, 0) is 33.2 Å². The van der Waals surface area contributed by atoms with E-state index in [9.17, 15) is 66.1 Å². The average Bonchev–Trinajstić information content (AvgIpc) is 3.27. The molecule has 384 valence electrons. The molecule has 7 fully saturated rings. The molecule has 5 aliphatic carbocycles. The molecule has 12 N–H and O–H groups in total. The molecular weight excluding hydrogens is 881 g/mol. The number of carbonyl (C=O) groups is 1. The van der Waals surface area contributed by atoms with Crippen molar-refractivity contribution in [3.63, 3.8) is 0 Å². The number of carboxylic acid groups (broad SMARTS) is 1. The molecule has 19 heteroatoms. The maximum Gasteiger partial charge on any atom is 0.310 e. The summed E-state index contributed by atoms with van der Waals surface area (Å²) in [6, 6.07) is 0. The van der Waals surface area contributed by atoms with Crippen LogP contribution in [0.2, 0.25) is 0 Å².